The second-order valence-corrected chi connectivity index (χ2v) is 7.20. The maximum absolute atomic E-state index is 12.2. The molecule has 1 fully saturated rings. The van der Waals surface area contributed by atoms with Crippen LogP contribution < -0.4 is 4.90 Å². The van der Waals surface area contributed by atoms with Crippen LogP contribution in [0.25, 0.3) is 11.0 Å². The highest BCUT2D eigenvalue weighted by Gasteiger charge is 2.32. The molecule has 6 nitrogen and oxygen atoms in total. The van der Waals surface area contributed by atoms with E-state index in [2.05, 4.69) is 14.9 Å². The molecule has 2 heterocycles. The van der Waals surface area contributed by atoms with Gasteiger partial charge in [0.15, 0.2) is 0 Å². The molecule has 0 aliphatic carbocycles. The third kappa shape index (κ3) is 3.58. The van der Waals surface area contributed by atoms with E-state index in [1.807, 2.05) is 52.1 Å². The van der Waals surface area contributed by atoms with Crippen molar-refractivity contribution >= 4 is 22.9 Å². The number of likely N-dealkylation sites (tertiary alicyclic amines) is 1. The monoisotopic (exact) mass is 328 g/mol. The first-order valence-corrected chi connectivity index (χ1v) is 8.26. The Bertz CT molecular complexity index is 741. The van der Waals surface area contributed by atoms with Gasteiger partial charge in [0.25, 0.3) is 0 Å². The van der Waals surface area contributed by atoms with E-state index in [4.69, 9.17) is 4.74 Å². The number of hydrogen-bond acceptors (Lipinski definition) is 5. The molecule has 0 unspecified atom stereocenters. The van der Waals surface area contributed by atoms with Gasteiger partial charge in [0.05, 0.1) is 17.2 Å². The van der Waals surface area contributed by atoms with Crippen molar-refractivity contribution < 1.29 is 9.53 Å². The number of fused-ring (bicyclic) bond motifs is 1. The molecule has 0 bridgehead atoms. The van der Waals surface area contributed by atoms with Crippen molar-refractivity contribution in [1.82, 2.24) is 14.9 Å². The van der Waals surface area contributed by atoms with E-state index in [0.717, 1.165) is 23.3 Å². The molecule has 0 spiro atoms. The lowest BCUT2D eigenvalue weighted by Crippen LogP contribution is -2.39. The number of likely N-dealkylation sites (N-methyl/N-ethyl adjacent to an activating group) is 1. The Morgan fingerprint density at radius 2 is 2.00 bits per heavy atom. The van der Waals surface area contributed by atoms with E-state index in [1.54, 1.807) is 11.1 Å². The lowest BCUT2D eigenvalue weighted by Gasteiger charge is -2.27. The SMILES string of the molecule is CN(c1cnc2ccccc2n1)[C@H]1CCN(C(=O)OC(C)(C)C)C1. The molecule has 2 aromatic rings. The molecule has 1 aromatic heterocycles. The molecule has 1 aromatic carbocycles. The predicted molar refractivity (Wildman–Crippen MR) is 94.2 cm³/mol. The van der Waals surface area contributed by atoms with Gasteiger partial charge in [-0.15, -0.1) is 0 Å². The number of hydrogen-bond donors (Lipinski definition) is 0. The van der Waals surface area contributed by atoms with Crippen LogP contribution >= 0.6 is 0 Å². The maximum Gasteiger partial charge on any atom is 0.410 e. The first-order chi connectivity index (χ1) is 11.3. The number of ether oxygens (including phenoxy) is 1. The molecule has 24 heavy (non-hydrogen) atoms. The minimum Gasteiger partial charge on any atom is -0.444 e. The fourth-order valence-corrected chi connectivity index (χ4v) is 2.85. The first-order valence-electron chi connectivity index (χ1n) is 8.26. The normalized spacial score (nSPS) is 18.0. The van der Waals surface area contributed by atoms with Crippen LogP contribution in [-0.4, -0.2) is 52.7 Å². The van der Waals surface area contributed by atoms with Crippen molar-refractivity contribution in [3.05, 3.63) is 30.5 Å². The predicted octanol–water partition coefficient (Wildman–Crippen LogP) is 3.08. The Morgan fingerprint density at radius 3 is 2.71 bits per heavy atom. The van der Waals surface area contributed by atoms with Gasteiger partial charge in [-0.1, -0.05) is 12.1 Å². The van der Waals surface area contributed by atoms with Crippen LogP contribution in [0.2, 0.25) is 0 Å². The van der Waals surface area contributed by atoms with Crippen molar-refractivity contribution in [2.45, 2.75) is 38.8 Å². The van der Waals surface area contributed by atoms with Crippen LogP contribution in [-0.2, 0) is 4.74 Å². The topological polar surface area (TPSA) is 58.6 Å². The molecule has 3 rings (SSSR count). The Morgan fingerprint density at radius 1 is 1.29 bits per heavy atom. The zero-order valence-electron chi connectivity index (χ0n) is 14.7. The van der Waals surface area contributed by atoms with Crippen molar-refractivity contribution in [2.75, 3.05) is 25.0 Å². The summed E-state index contributed by atoms with van der Waals surface area (Å²) < 4.78 is 5.45. The first kappa shape index (κ1) is 16.5. The molecule has 1 aliphatic heterocycles. The van der Waals surface area contributed by atoms with Gasteiger partial charge in [-0.2, -0.15) is 0 Å². The lowest BCUT2D eigenvalue weighted by atomic mass is 10.2. The Hall–Kier alpha value is -2.37. The molecule has 1 aliphatic rings. The van der Waals surface area contributed by atoms with E-state index in [9.17, 15) is 4.79 Å². The van der Waals surface area contributed by atoms with Crippen LogP contribution in [0, 0.1) is 0 Å². The third-order valence-electron chi connectivity index (χ3n) is 4.16. The molecule has 0 N–H and O–H groups in total. The average Bonchev–Trinajstić information content (AvgIpc) is 3.02. The van der Waals surface area contributed by atoms with Crippen LogP contribution in [0.15, 0.2) is 30.5 Å². The highest BCUT2D eigenvalue weighted by atomic mass is 16.6. The summed E-state index contributed by atoms with van der Waals surface area (Å²) in [5.41, 5.74) is 1.30. The largest absolute Gasteiger partial charge is 0.444 e. The van der Waals surface area contributed by atoms with Crippen molar-refractivity contribution in [2.24, 2.45) is 0 Å². The van der Waals surface area contributed by atoms with E-state index in [1.165, 1.54) is 0 Å². The summed E-state index contributed by atoms with van der Waals surface area (Å²) in [4.78, 5) is 25.2. The van der Waals surface area contributed by atoms with Gasteiger partial charge < -0.3 is 14.5 Å². The van der Waals surface area contributed by atoms with Gasteiger partial charge in [-0.05, 0) is 39.3 Å². The van der Waals surface area contributed by atoms with Crippen molar-refractivity contribution in [1.29, 1.82) is 0 Å². The molecule has 6 heteroatoms. The molecular formula is C18H24N4O2. The number of nitrogens with zero attached hydrogens (tertiary/aromatic N) is 4. The quantitative estimate of drug-likeness (QED) is 0.848. The van der Waals surface area contributed by atoms with Gasteiger partial charge in [0.2, 0.25) is 0 Å². The van der Waals surface area contributed by atoms with Crippen LogP contribution in [0.3, 0.4) is 0 Å². The standard InChI is InChI=1S/C18H24N4O2/c1-18(2,3)24-17(23)22-10-9-13(12-22)21(4)16-11-19-14-7-5-6-8-15(14)20-16/h5-8,11,13H,9-10,12H2,1-4H3/t13-/m0/s1. The molecule has 1 saturated heterocycles. The van der Waals surface area contributed by atoms with Gasteiger partial charge >= 0.3 is 6.09 Å². The molecule has 0 saturated carbocycles. The lowest BCUT2D eigenvalue weighted by molar-refractivity contribution is 0.0292. The number of carbonyl (C=O) groups is 1. The third-order valence-corrected chi connectivity index (χ3v) is 4.16. The summed E-state index contributed by atoms with van der Waals surface area (Å²) in [7, 11) is 2.00. The number of benzene rings is 1. The number of amides is 1. The second-order valence-electron chi connectivity index (χ2n) is 7.20. The van der Waals surface area contributed by atoms with Crippen LogP contribution in [0.5, 0.6) is 0 Å². The smallest absolute Gasteiger partial charge is 0.410 e. The summed E-state index contributed by atoms with van der Waals surface area (Å²) in [6.45, 7) is 6.99. The summed E-state index contributed by atoms with van der Waals surface area (Å²) >= 11 is 0. The number of aromatic nitrogens is 2. The number of rotatable bonds is 2. The minimum atomic E-state index is -0.467. The van der Waals surface area contributed by atoms with Gasteiger partial charge in [0.1, 0.15) is 11.4 Å². The molecule has 1 amide bonds. The number of carbonyl (C=O) groups excluding carboxylic acids is 1. The molecule has 128 valence electrons. The minimum absolute atomic E-state index is 0.216. The molecule has 1 atom stereocenters. The summed E-state index contributed by atoms with van der Waals surface area (Å²) in [6.07, 6.45) is 2.44. The van der Waals surface area contributed by atoms with E-state index < -0.39 is 5.60 Å². The number of para-hydroxylation sites is 2. The Kier molecular flexibility index (Phi) is 4.30. The zero-order valence-corrected chi connectivity index (χ0v) is 14.7. The van der Waals surface area contributed by atoms with Crippen LogP contribution in [0.4, 0.5) is 10.6 Å². The molecule has 0 radical (unpaired) electrons. The summed E-state index contributed by atoms with van der Waals surface area (Å²) in [5, 5.41) is 0. The zero-order chi connectivity index (χ0) is 17.3. The Labute approximate surface area is 142 Å². The van der Waals surface area contributed by atoms with Crippen molar-refractivity contribution in [3.8, 4) is 0 Å². The van der Waals surface area contributed by atoms with Crippen LogP contribution in [0.1, 0.15) is 27.2 Å². The summed E-state index contributed by atoms with van der Waals surface area (Å²) in [5.74, 6) is 0.824. The van der Waals surface area contributed by atoms with Crippen molar-refractivity contribution in [3.63, 3.8) is 0 Å². The maximum atomic E-state index is 12.2. The van der Waals surface area contributed by atoms with E-state index >= 15 is 0 Å². The molecular weight excluding hydrogens is 304 g/mol. The summed E-state index contributed by atoms with van der Waals surface area (Å²) in [6, 6.07) is 8.04. The highest BCUT2D eigenvalue weighted by molar-refractivity contribution is 5.75. The van der Waals surface area contributed by atoms with E-state index in [-0.39, 0.29) is 12.1 Å². The fourth-order valence-electron chi connectivity index (χ4n) is 2.85. The van der Waals surface area contributed by atoms with E-state index in [0.29, 0.717) is 13.1 Å². The Balaban J connectivity index is 1.69. The highest BCUT2D eigenvalue weighted by Crippen LogP contribution is 2.22. The fraction of sp³-hybridized carbons (Fsp3) is 0.500. The van der Waals surface area contributed by atoms with Gasteiger partial charge in [0, 0.05) is 26.2 Å². The number of anilines is 1. The van der Waals surface area contributed by atoms with Gasteiger partial charge in [-0.3, -0.25) is 4.98 Å². The van der Waals surface area contributed by atoms with Gasteiger partial charge in [-0.25, -0.2) is 9.78 Å². The average molecular weight is 328 g/mol. The second kappa shape index (κ2) is 6.26.